The fourth-order valence-corrected chi connectivity index (χ4v) is 4.13. The number of likely N-dealkylation sites (tertiary alicyclic amines) is 1. The number of hydrogen-bond acceptors (Lipinski definition) is 2. The largest absolute Gasteiger partial charge is 0.339 e. The molecule has 0 unspecified atom stereocenters. The van der Waals surface area contributed by atoms with Crippen LogP contribution in [-0.4, -0.2) is 30.4 Å². The second kappa shape index (κ2) is 8.81. The molecule has 0 spiro atoms. The third kappa shape index (κ3) is 4.36. The van der Waals surface area contributed by atoms with Crippen molar-refractivity contribution >= 4 is 17.5 Å². The Kier molecular flexibility index (Phi) is 5.98. The van der Waals surface area contributed by atoms with Gasteiger partial charge in [0.15, 0.2) is 0 Å². The molecule has 0 saturated carbocycles. The van der Waals surface area contributed by atoms with Crippen LogP contribution >= 0.6 is 11.6 Å². The zero-order valence-electron chi connectivity index (χ0n) is 16.4. The minimum atomic E-state index is 0.0688. The smallest absolute Gasteiger partial charge is 0.253 e. The van der Waals surface area contributed by atoms with E-state index in [4.69, 9.17) is 17.3 Å². The average molecular weight is 405 g/mol. The minimum Gasteiger partial charge on any atom is -0.339 e. The summed E-state index contributed by atoms with van der Waals surface area (Å²) in [5.74, 6) is 0.599. The highest BCUT2D eigenvalue weighted by molar-refractivity contribution is 6.33. The molecule has 4 rings (SSSR count). The molecule has 0 radical (unpaired) electrons. The molecule has 3 nitrogen and oxygen atoms in total. The van der Waals surface area contributed by atoms with Gasteiger partial charge in [0.25, 0.3) is 5.91 Å². The van der Waals surface area contributed by atoms with E-state index in [2.05, 4.69) is 36.4 Å². The van der Waals surface area contributed by atoms with Gasteiger partial charge in [-0.1, -0.05) is 66.2 Å². The molecule has 29 heavy (non-hydrogen) atoms. The highest BCUT2D eigenvalue weighted by Crippen LogP contribution is 2.31. The maximum absolute atomic E-state index is 13.0. The van der Waals surface area contributed by atoms with Crippen LogP contribution in [0.4, 0.5) is 0 Å². The first kappa shape index (κ1) is 19.7. The van der Waals surface area contributed by atoms with Gasteiger partial charge in [0.05, 0.1) is 0 Å². The summed E-state index contributed by atoms with van der Waals surface area (Å²) in [6.07, 6.45) is 1.95. The van der Waals surface area contributed by atoms with Crippen molar-refractivity contribution in [2.24, 2.45) is 11.7 Å². The van der Waals surface area contributed by atoms with Crippen LogP contribution in [0.1, 0.15) is 23.2 Å². The van der Waals surface area contributed by atoms with E-state index in [-0.39, 0.29) is 5.91 Å². The molecule has 1 amide bonds. The van der Waals surface area contributed by atoms with Crippen molar-refractivity contribution in [3.8, 4) is 22.3 Å². The van der Waals surface area contributed by atoms with E-state index in [0.717, 1.165) is 42.6 Å². The van der Waals surface area contributed by atoms with Crippen LogP contribution < -0.4 is 5.73 Å². The van der Waals surface area contributed by atoms with Crippen molar-refractivity contribution in [2.75, 3.05) is 19.6 Å². The molecule has 1 heterocycles. The van der Waals surface area contributed by atoms with E-state index in [1.807, 2.05) is 41.3 Å². The van der Waals surface area contributed by atoms with Crippen molar-refractivity contribution < 1.29 is 4.79 Å². The van der Waals surface area contributed by atoms with Crippen molar-refractivity contribution in [1.82, 2.24) is 4.90 Å². The number of carbonyl (C=O) groups excluding carboxylic acids is 1. The molecule has 0 aliphatic carbocycles. The number of rotatable bonds is 4. The van der Waals surface area contributed by atoms with Crippen molar-refractivity contribution in [3.05, 3.63) is 83.4 Å². The van der Waals surface area contributed by atoms with Gasteiger partial charge in [-0.05, 0) is 60.2 Å². The van der Waals surface area contributed by atoms with Gasteiger partial charge in [-0.2, -0.15) is 0 Å². The molecular weight excluding hydrogens is 380 g/mol. The summed E-state index contributed by atoms with van der Waals surface area (Å²) >= 11 is 6.48. The Morgan fingerprint density at radius 1 is 0.897 bits per heavy atom. The Bertz CT molecular complexity index is 977. The molecule has 2 N–H and O–H groups in total. The average Bonchev–Trinajstić information content (AvgIpc) is 2.80. The SMILES string of the molecule is NCC1CCN(C(=O)c2ccc(Cl)c(-c3ccc(-c4ccccc4)cc3)c2)CC1. The van der Waals surface area contributed by atoms with Gasteiger partial charge in [0.2, 0.25) is 0 Å². The van der Waals surface area contributed by atoms with Gasteiger partial charge in [0.1, 0.15) is 0 Å². The first-order chi connectivity index (χ1) is 14.2. The van der Waals surface area contributed by atoms with Gasteiger partial charge >= 0.3 is 0 Å². The minimum absolute atomic E-state index is 0.0688. The predicted octanol–water partition coefficient (Wildman–Crippen LogP) is 5.48. The Morgan fingerprint density at radius 3 is 2.17 bits per heavy atom. The zero-order valence-corrected chi connectivity index (χ0v) is 17.1. The summed E-state index contributed by atoms with van der Waals surface area (Å²) in [4.78, 5) is 14.9. The number of halogens is 1. The number of piperidine rings is 1. The number of hydrogen-bond donors (Lipinski definition) is 1. The van der Waals surface area contributed by atoms with Crippen molar-refractivity contribution in [1.29, 1.82) is 0 Å². The topological polar surface area (TPSA) is 46.3 Å². The van der Waals surface area contributed by atoms with E-state index < -0.39 is 0 Å². The van der Waals surface area contributed by atoms with Crippen LogP contribution in [0.2, 0.25) is 5.02 Å². The third-order valence-electron chi connectivity index (χ3n) is 5.75. The van der Waals surface area contributed by atoms with Crippen LogP contribution in [0.15, 0.2) is 72.8 Å². The second-order valence-electron chi connectivity index (χ2n) is 7.61. The maximum atomic E-state index is 13.0. The third-order valence-corrected chi connectivity index (χ3v) is 6.08. The van der Waals surface area contributed by atoms with Crippen LogP contribution in [0, 0.1) is 5.92 Å². The lowest BCUT2D eigenvalue weighted by Gasteiger charge is -2.31. The Hall–Kier alpha value is -2.62. The highest BCUT2D eigenvalue weighted by Gasteiger charge is 2.23. The van der Waals surface area contributed by atoms with Crippen molar-refractivity contribution in [3.63, 3.8) is 0 Å². The summed E-state index contributed by atoms with van der Waals surface area (Å²) in [5, 5.41) is 0.649. The number of nitrogens with two attached hydrogens (primary N) is 1. The van der Waals surface area contributed by atoms with E-state index in [9.17, 15) is 4.79 Å². The fraction of sp³-hybridized carbons (Fsp3) is 0.240. The summed E-state index contributed by atoms with van der Waals surface area (Å²) in [5.41, 5.74) is 10.7. The Morgan fingerprint density at radius 2 is 1.52 bits per heavy atom. The van der Waals surface area contributed by atoms with Crippen LogP contribution in [0.3, 0.4) is 0 Å². The number of amides is 1. The van der Waals surface area contributed by atoms with E-state index >= 15 is 0 Å². The molecular formula is C25H25ClN2O. The monoisotopic (exact) mass is 404 g/mol. The van der Waals surface area contributed by atoms with Gasteiger partial charge in [-0.25, -0.2) is 0 Å². The molecule has 0 bridgehead atoms. The lowest BCUT2D eigenvalue weighted by Crippen LogP contribution is -2.40. The standard InChI is InChI=1S/C25H25ClN2O/c26-24-11-10-22(25(29)28-14-12-18(17-27)13-15-28)16-23(24)21-8-6-20(7-9-21)19-4-2-1-3-5-19/h1-11,16,18H,12-15,17,27H2. The molecule has 0 atom stereocenters. The van der Waals surface area contributed by atoms with Crippen molar-refractivity contribution in [2.45, 2.75) is 12.8 Å². The van der Waals surface area contributed by atoms with Gasteiger partial charge in [-0.3, -0.25) is 4.79 Å². The normalized spacial score (nSPS) is 14.8. The number of nitrogens with zero attached hydrogens (tertiary/aromatic N) is 1. The van der Waals surface area contributed by atoms with Crippen LogP contribution in [0.5, 0.6) is 0 Å². The summed E-state index contributed by atoms with van der Waals surface area (Å²) in [7, 11) is 0. The van der Waals surface area contributed by atoms with E-state index in [0.29, 0.717) is 23.0 Å². The van der Waals surface area contributed by atoms with Crippen LogP contribution in [0.25, 0.3) is 22.3 Å². The summed E-state index contributed by atoms with van der Waals surface area (Å²) in [6.45, 7) is 2.24. The predicted molar refractivity (Wildman–Crippen MR) is 120 cm³/mol. The van der Waals surface area contributed by atoms with Gasteiger partial charge in [0, 0.05) is 29.2 Å². The van der Waals surface area contributed by atoms with E-state index in [1.54, 1.807) is 0 Å². The van der Waals surface area contributed by atoms with Crippen LogP contribution in [-0.2, 0) is 0 Å². The highest BCUT2D eigenvalue weighted by atomic mass is 35.5. The quantitative estimate of drug-likeness (QED) is 0.625. The molecule has 3 aromatic carbocycles. The van der Waals surface area contributed by atoms with Gasteiger partial charge in [-0.15, -0.1) is 0 Å². The summed E-state index contributed by atoms with van der Waals surface area (Å²) in [6, 6.07) is 24.1. The first-order valence-corrected chi connectivity index (χ1v) is 10.5. The molecule has 1 aliphatic heterocycles. The molecule has 1 aliphatic rings. The lowest BCUT2D eigenvalue weighted by atomic mass is 9.96. The molecule has 148 valence electrons. The Labute approximate surface area is 177 Å². The molecule has 1 saturated heterocycles. The lowest BCUT2D eigenvalue weighted by molar-refractivity contribution is 0.0693. The number of benzene rings is 3. The molecule has 0 aromatic heterocycles. The number of carbonyl (C=O) groups is 1. The molecule has 4 heteroatoms. The zero-order chi connectivity index (χ0) is 20.2. The van der Waals surface area contributed by atoms with E-state index in [1.165, 1.54) is 5.56 Å². The fourth-order valence-electron chi connectivity index (χ4n) is 3.91. The molecule has 3 aromatic rings. The summed E-state index contributed by atoms with van der Waals surface area (Å²) < 4.78 is 0. The Balaban J connectivity index is 1.56. The first-order valence-electron chi connectivity index (χ1n) is 10.1. The maximum Gasteiger partial charge on any atom is 0.253 e. The van der Waals surface area contributed by atoms with Gasteiger partial charge < -0.3 is 10.6 Å². The molecule has 1 fully saturated rings. The second-order valence-corrected chi connectivity index (χ2v) is 8.02.